The molecule has 0 atom stereocenters. The van der Waals surface area contributed by atoms with E-state index < -0.39 is 0 Å². The van der Waals surface area contributed by atoms with Crippen molar-refractivity contribution in [1.29, 1.82) is 0 Å². The summed E-state index contributed by atoms with van der Waals surface area (Å²) < 4.78 is 6.47. The molecule has 0 spiro atoms. The molecule has 0 radical (unpaired) electrons. The molecule has 0 heterocycles. The van der Waals surface area contributed by atoms with Gasteiger partial charge in [-0.2, -0.15) is 0 Å². The fourth-order valence-electron chi connectivity index (χ4n) is 0. The molecule has 0 aromatic rings. The Labute approximate surface area is 95.0 Å². The summed E-state index contributed by atoms with van der Waals surface area (Å²) in [4.78, 5) is 0. The van der Waals surface area contributed by atoms with E-state index >= 15 is 0 Å². The molecule has 0 saturated heterocycles. The van der Waals surface area contributed by atoms with Gasteiger partial charge in [-0.05, 0) is 0 Å². The van der Waals surface area contributed by atoms with Crippen LogP contribution in [0.4, 0.5) is 0 Å². The molecule has 0 aliphatic heterocycles. The van der Waals surface area contributed by atoms with Gasteiger partial charge in [-0.3, -0.25) is 4.66 Å². The number of hydrogen-bond acceptors (Lipinski definition) is 1. The standard InChI is InChI=1S/ClHO.K.Na.2H/c1-2;;;;/h2H;;;;. The van der Waals surface area contributed by atoms with Crippen LogP contribution in [0.3, 0.4) is 0 Å². The summed E-state index contributed by atoms with van der Waals surface area (Å²) in [6.07, 6.45) is 0. The third-order valence-corrected chi connectivity index (χ3v) is 0. The Morgan fingerprint density at radius 2 is 1.25 bits per heavy atom. The van der Waals surface area contributed by atoms with Crippen LogP contribution in [0.15, 0.2) is 0 Å². The second-order valence-corrected chi connectivity index (χ2v) is 0. The molecule has 0 aromatic heterocycles. The SMILES string of the molecule is OCl.[KH].[NaH]. The fourth-order valence-corrected chi connectivity index (χ4v) is 0. The third kappa shape index (κ3) is 8.86. The van der Waals surface area contributed by atoms with Crippen LogP contribution < -0.4 is 0 Å². The molecule has 0 aliphatic carbocycles. The topological polar surface area (TPSA) is 20.2 Å². The third-order valence-electron chi connectivity index (χ3n) is 0. The Bertz CT molecular complexity index is 8.00. The summed E-state index contributed by atoms with van der Waals surface area (Å²) in [5, 5.41) is 0. The van der Waals surface area contributed by atoms with E-state index in [2.05, 4.69) is 11.9 Å². The molecule has 0 aliphatic rings. The molecule has 0 saturated carbocycles. The van der Waals surface area contributed by atoms with E-state index in [0.717, 1.165) is 0 Å². The van der Waals surface area contributed by atoms with Gasteiger partial charge < -0.3 is 0 Å². The molecule has 0 unspecified atom stereocenters. The Morgan fingerprint density at radius 1 is 1.25 bits per heavy atom. The van der Waals surface area contributed by atoms with E-state index in [1.165, 1.54) is 0 Å². The van der Waals surface area contributed by atoms with E-state index in [-0.39, 0.29) is 80.9 Å². The van der Waals surface area contributed by atoms with Crippen LogP contribution in [0.25, 0.3) is 0 Å². The molecule has 1 nitrogen and oxygen atoms in total. The summed E-state index contributed by atoms with van der Waals surface area (Å²) in [6, 6.07) is 0. The molecular formula is H3ClKNaO. The molecule has 18 valence electrons. The van der Waals surface area contributed by atoms with Crippen molar-refractivity contribution in [3.05, 3.63) is 0 Å². The minimum absolute atomic E-state index is 0. The Balaban J connectivity index is -0.00000000500. The van der Waals surface area contributed by atoms with Crippen molar-refractivity contribution in [2.24, 2.45) is 0 Å². The van der Waals surface area contributed by atoms with Gasteiger partial charge in [0.2, 0.25) is 0 Å². The van der Waals surface area contributed by atoms with Crippen LogP contribution in [-0.4, -0.2) is 85.6 Å². The predicted molar refractivity (Wildman–Crippen MR) is 22.4 cm³/mol. The molecule has 4 heteroatoms. The molecule has 1 N–H and O–H groups in total. The van der Waals surface area contributed by atoms with Gasteiger partial charge in [0.15, 0.2) is 0 Å². The molecule has 4 heavy (non-hydrogen) atoms. The average Bonchev–Trinajstić information content (AvgIpc) is 1.00. The van der Waals surface area contributed by atoms with Crippen LogP contribution in [0.1, 0.15) is 0 Å². The first-order chi connectivity index (χ1) is 1.00. The Hall–Kier alpha value is 2.89. The Kier molecular flexibility index (Phi) is 66.6. The number of halogens is 1. The van der Waals surface area contributed by atoms with Gasteiger partial charge in [-0.1, -0.05) is 0 Å². The first-order valence-corrected chi connectivity index (χ1v) is 0.507. The van der Waals surface area contributed by atoms with Gasteiger partial charge in [0.25, 0.3) is 0 Å². The summed E-state index contributed by atoms with van der Waals surface area (Å²) in [6.45, 7) is 0. The van der Waals surface area contributed by atoms with Gasteiger partial charge in [-0.25, -0.2) is 0 Å². The van der Waals surface area contributed by atoms with Crippen LogP contribution in [0, 0.1) is 0 Å². The van der Waals surface area contributed by atoms with Crippen LogP contribution >= 0.6 is 11.9 Å². The number of rotatable bonds is 0. The van der Waals surface area contributed by atoms with Crippen LogP contribution in [0.2, 0.25) is 0 Å². The van der Waals surface area contributed by atoms with Crippen molar-refractivity contribution in [3.63, 3.8) is 0 Å². The quantitative estimate of drug-likeness (QED) is 0.396. The van der Waals surface area contributed by atoms with E-state index in [0.29, 0.717) is 0 Å². The van der Waals surface area contributed by atoms with Gasteiger partial charge in [0.1, 0.15) is 0 Å². The fraction of sp³-hybridized carbons (Fsp3) is 0. The average molecular weight is 117 g/mol. The van der Waals surface area contributed by atoms with Gasteiger partial charge in [0, 0.05) is 0 Å². The zero-order chi connectivity index (χ0) is 2.00. The second-order valence-electron chi connectivity index (χ2n) is 0. The maximum absolute atomic E-state index is 6.47. The molecule has 0 aromatic carbocycles. The summed E-state index contributed by atoms with van der Waals surface area (Å²) in [5.74, 6) is 0. The maximum atomic E-state index is 6.47. The number of hydrogen-bond donors (Lipinski definition) is 1. The summed E-state index contributed by atoms with van der Waals surface area (Å²) >= 11 is 3.64. The molecule has 0 fully saturated rings. The van der Waals surface area contributed by atoms with Crippen molar-refractivity contribution in [2.75, 3.05) is 0 Å². The molecule has 0 rings (SSSR count). The molecule has 0 amide bonds. The molecular weight excluding hydrogens is 114 g/mol. The second kappa shape index (κ2) is 16.9. The first-order valence-electron chi connectivity index (χ1n) is 0.169. The predicted octanol–water partition coefficient (Wildman–Crippen LogP) is -1.16. The van der Waals surface area contributed by atoms with Crippen molar-refractivity contribution in [3.8, 4) is 0 Å². The van der Waals surface area contributed by atoms with Gasteiger partial charge in [-0.15, -0.1) is 0 Å². The van der Waals surface area contributed by atoms with Crippen molar-refractivity contribution >= 4 is 92.8 Å². The van der Waals surface area contributed by atoms with Crippen molar-refractivity contribution in [1.82, 2.24) is 0 Å². The van der Waals surface area contributed by atoms with E-state index in [1.54, 1.807) is 0 Å². The monoisotopic (exact) mass is 116 g/mol. The van der Waals surface area contributed by atoms with E-state index in [9.17, 15) is 0 Å². The van der Waals surface area contributed by atoms with Gasteiger partial charge in [0.05, 0.1) is 11.9 Å². The Morgan fingerprint density at radius 3 is 1.25 bits per heavy atom. The first kappa shape index (κ1) is 15.8. The zero-order valence-electron chi connectivity index (χ0n) is 0.825. The van der Waals surface area contributed by atoms with Crippen molar-refractivity contribution in [2.45, 2.75) is 0 Å². The van der Waals surface area contributed by atoms with E-state index in [1.807, 2.05) is 0 Å². The van der Waals surface area contributed by atoms with Crippen LogP contribution in [0.5, 0.6) is 0 Å². The molecule has 0 bridgehead atoms. The summed E-state index contributed by atoms with van der Waals surface area (Å²) in [7, 11) is 0. The zero-order valence-corrected chi connectivity index (χ0v) is 1.58. The van der Waals surface area contributed by atoms with Crippen molar-refractivity contribution < 1.29 is 4.66 Å². The summed E-state index contributed by atoms with van der Waals surface area (Å²) in [5.41, 5.74) is 0. The van der Waals surface area contributed by atoms with Gasteiger partial charge >= 0.3 is 80.9 Å². The minimum atomic E-state index is 0. The van der Waals surface area contributed by atoms with E-state index in [4.69, 9.17) is 4.66 Å². The van der Waals surface area contributed by atoms with Crippen LogP contribution in [-0.2, 0) is 0 Å². The normalized spacial score (nSPS) is 1.50.